The minimum absolute atomic E-state index is 0.630. The van der Waals surface area contributed by atoms with Gasteiger partial charge in [0.15, 0.2) is 0 Å². The van der Waals surface area contributed by atoms with Crippen LogP contribution in [0.5, 0.6) is 5.75 Å². The zero-order valence-electron chi connectivity index (χ0n) is 13.3. The Morgan fingerprint density at radius 3 is 2.43 bits per heavy atom. The van der Waals surface area contributed by atoms with Gasteiger partial charge in [0.2, 0.25) is 0 Å². The van der Waals surface area contributed by atoms with Crippen molar-refractivity contribution in [2.75, 3.05) is 13.1 Å². The fourth-order valence-electron chi connectivity index (χ4n) is 2.31. The van der Waals surface area contributed by atoms with E-state index in [9.17, 15) is 0 Å². The van der Waals surface area contributed by atoms with Crippen LogP contribution in [0.4, 0.5) is 0 Å². The first-order valence-electron chi connectivity index (χ1n) is 7.68. The molecule has 0 atom stereocenters. The van der Waals surface area contributed by atoms with Crippen molar-refractivity contribution in [3.8, 4) is 5.75 Å². The van der Waals surface area contributed by atoms with Crippen LogP contribution in [-0.2, 0) is 13.0 Å². The van der Waals surface area contributed by atoms with Crippen molar-refractivity contribution in [2.24, 2.45) is 0 Å². The van der Waals surface area contributed by atoms with Crippen molar-refractivity contribution in [1.82, 2.24) is 5.32 Å². The first kappa shape index (κ1) is 15.6. The summed E-state index contributed by atoms with van der Waals surface area (Å²) in [6, 6.07) is 14.8. The lowest BCUT2D eigenvalue weighted by Crippen LogP contribution is -2.17. The smallest absolute Gasteiger partial charge is 0.120 e. The minimum Gasteiger partial charge on any atom is -0.489 e. The molecular weight excluding hydrogens is 258 g/mol. The highest BCUT2D eigenvalue weighted by Crippen LogP contribution is 2.19. The minimum atomic E-state index is 0.630. The molecule has 2 nitrogen and oxygen atoms in total. The van der Waals surface area contributed by atoms with Crippen molar-refractivity contribution < 1.29 is 4.74 Å². The number of hydrogen-bond acceptors (Lipinski definition) is 2. The van der Waals surface area contributed by atoms with E-state index in [4.69, 9.17) is 4.74 Å². The molecule has 0 saturated carbocycles. The zero-order valence-corrected chi connectivity index (χ0v) is 13.3. The molecule has 2 aromatic carbocycles. The Hall–Kier alpha value is -1.80. The van der Waals surface area contributed by atoms with Gasteiger partial charge >= 0.3 is 0 Å². The molecular formula is C19H25NO. The number of ether oxygens (including phenoxy) is 1. The van der Waals surface area contributed by atoms with Crippen molar-refractivity contribution >= 4 is 0 Å². The summed E-state index contributed by atoms with van der Waals surface area (Å²) in [7, 11) is 0. The summed E-state index contributed by atoms with van der Waals surface area (Å²) < 4.78 is 5.95. The van der Waals surface area contributed by atoms with Gasteiger partial charge in [-0.15, -0.1) is 0 Å². The molecule has 0 amide bonds. The van der Waals surface area contributed by atoms with E-state index in [1.165, 1.54) is 22.3 Å². The lowest BCUT2D eigenvalue weighted by atomic mass is 10.1. The maximum Gasteiger partial charge on any atom is 0.120 e. The van der Waals surface area contributed by atoms with Gasteiger partial charge in [0.1, 0.15) is 12.4 Å². The van der Waals surface area contributed by atoms with Gasteiger partial charge in [-0.1, -0.05) is 37.3 Å². The Kier molecular flexibility index (Phi) is 5.82. The van der Waals surface area contributed by atoms with E-state index in [1.807, 2.05) is 6.07 Å². The van der Waals surface area contributed by atoms with E-state index in [-0.39, 0.29) is 0 Å². The Morgan fingerprint density at radius 2 is 1.71 bits per heavy atom. The van der Waals surface area contributed by atoms with Crippen LogP contribution in [0.1, 0.15) is 29.2 Å². The van der Waals surface area contributed by atoms with Crippen LogP contribution >= 0.6 is 0 Å². The summed E-state index contributed by atoms with van der Waals surface area (Å²) in [6.45, 7) is 9.03. The molecule has 0 radical (unpaired) electrons. The molecule has 0 aliphatic rings. The molecule has 112 valence electrons. The van der Waals surface area contributed by atoms with Crippen molar-refractivity contribution in [3.63, 3.8) is 0 Å². The summed E-state index contributed by atoms with van der Waals surface area (Å²) in [5, 5.41) is 3.37. The number of benzene rings is 2. The second-order valence-corrected chi connectivity index (χ2v) is 5.41. The predicted octanol–water partition coefficient (Wildman–Crippen LogP) is 4.03. The zero-order chi connectivity index (χ0) is 15.1. The number of hydrogen-bond donors (Lipinski definition) is 1. The van der Waals surface area contributed by atoms with Gasteiger partial charge < -0.3 is 10.1 Å². The Balaban J connectivity index is 2.00. The average molecular weight is 283 g/mol. The lowest BCUT2D eigenvalue weighted by molar-refractivity contribution is 0.304. The summed E-state index contributed by atoms with van der Waals surface area (Å²) in [5.74, 6) is 0.944. The molecule has 2 heteroatoms. The van der Waals surface area contributed by atoms with Crippen molar-refractivity contribution in [3.05, 3.63) is 64.7 Å². The Labute approximate surface area is 128 Å². The van der Waals surface area contributed by atoms with Crippen molar-refractivity contribution in [1.29, 1.82) is 0 Å². The normalized spacial score (nSPS) is 10.6. The topological polar surface area (TPSA) is 21.3 Å². The molecule has 2 aromatic rings. The van der Waals surface area contributed by atoms with Crippen LogP contribution in [0.3, 0.4) is 0 Å². The van der Waals surface area contributed by atoms with Crippen LogP contribution in [-0.4, -0.2) is 13.1 Å². The third-order valence-electron chi connectivity index (χ3n) is 3.81. The second kappa shape index (κ2) is 7.84. The van der Waals surface area contributed by atoms with Gasteiger partial charge in [-0.3, -0.25) is 0 Å². The molecule has 21 heavy (non-hydrogen) atoms. The first-order valence-corrected chi connectivity index (χ1v) is 7.68. The molecule has 0 fully saturated rings. The van der Waals surface area contributed by atoms with Gasteiger partial charge in [-0.25, -0.2) is 0 Å². The SMILES string of the molecule is CCNCCc1ccccc1COc1ccc(C)c(C)c1. The third kappa shape index (κ3) is 4.61. The Bertz CT molecular complexity index is 578. The van der Waals surface area contributed by atoms with Gasteiger partial charge in [-0.05, 0) is 67.7 Å². The number of nitrogens with one attached hydrogen (secondary N) is 1. The Morgan fingerprint density at radius 1 is 0.952 bits per heavy atom. The van der Waals surface area contributed by atoms with Gasteiger partial charge in [0.25, 0.3) is 0 Å². The summed E-state index contributed by atoms with van der Waals surface area (Å²) >= 11 is 0. The number of likely N-dealkylation sites (N-methyl/N-ethyl adjacent to an activating group) is 1. The van der Waals surface area contributed by atoms with E-state index < -0.39 is 0 Å². The molecule has 1 N–H and O–H groups in total. The summed E-state index contributed by atoms with van der Waals surface area (Å²) in [5.41, 5.74) is 5.21. The van der Waals surface area contributed by atoms with E-state index >= 15 is 0 Å². The molecule has 0 aliphatic carbocycles. The molecule has 0 aliphatic heterocycles. The van der Waals surface area contributed by atoms with Crippen LogP contribution in [0.2, 0.25) is 0 Å². The first-order chi connectivity index (χ1) is 10.2. The lowest BCUT2D eigenvalue weighted by Gasteiger charge is -2.12. The van der Waals surface area contributed by atoms with Gasteiger partial charge in [0.05, 0.1) is 0 Å². The van der Waals surface area contributed by atoms with Crippen LogP contribution in [0.15, 0.2) is 42.5 Å². The number of aryl methyl sites for hydroxylation is 2. The van der Waals surface area contributed by atoms with E-state index in [1.54, 1.807) is 0 Å². The van der Waals surface area contributed by atoms with E-state index in [2.05, 4.69) is 62.5 Å². The molecule has 0 bridgehead atoms. The molecule has 0 heterocycles. The largest absolute Gasteiger partial charge is 0.489 e. The highest BCUT2D eigenvalue weighted by Gasteiger charge is 2.03. The van der Waals surface area contributed by atoms with Crippen LogP contribution in [0.25, 0.3) is 0 Å². The quantitative estimate of drug-likeness (QED) is 0.775. The maximum absolute atomic E-state index is 5.95. The summed E-state index contributed by atoms with van der Waals surface area (Å²) in [4.78, 5) is 0. The molecule has 0 unspecified atom stereocenters. The molecule has 0 spiro atoms. The molecule has 0 saturated heterocycles. The van der Waals surface area contributed by atoms with Gasteiger partial charge in [-0.2, -0.15) is 0 Å². The van der Waals surface area contributed by atoms with Crippen molar-refractivity contribution in [2.45, 2.75) is 33.8 Å². The van der Waals surface area contributed by atoms with Crippen LogP contribution < -0.4 is 10.1 Å². The van der Waals surface area contributed by atoms with Crippen LogP contribution in [0, 0.1) is 13.8 Å². The highest BCUT2D eigenvalue weighted by atomic mass is 16.5. The number of rotatable bonds is 7. The predicted molar refractivity (Wildman–Crippen MR) is 88.9 cm³/mol. The van der Waals surface area contributed by atoms with Gasteiger partial charge in [0, 0.05) is 0 Å². The fourth-order valence-corrected chi connectivity index (χ4v) is 2.31. The molecule has 0 aromatic heterocycles. The van der Waals surface area contributed by atoms with E-state index in [0.717, 1.165) is 25.3 Å². The maximum atomic E-state index is 5.95. The standard InChI is InChI=1S/C19H25NO/c1-4-20-12-11-17-7-5-6-8-18(17)14-21-19-10-9-15(2)16(3)13-19/h5-10,13,20H,4,11-12,14H2,1-3H3. The fraction of sp³-hybridized carbons (Fsp3) is 0.368. The third-order valence-corrected chi connectivity index (χ3v) is 3.81. The summed E-state index contributed by atoms with van der Waals surface area (Å²) in [6.07, 6.45) is 1.04. The monoisotopic (exact) mass is 283 g/mol. The average Bonchev–Trinajstić information content (AvgIpc) is 2.50. The highest BCUT2D eigenvalue weighted by molar-refractivity contribution is 5.34. The van der Waals surface area contributed by atoms with E-state index in [0.29, 0.717) is 6.61 Å². The second-order valence-electron chi connectivity index (χ2n) is 5.41. The molecule has 2 rings (SSSR count).